The molecule has 50 heavy (non-hydrogen) atoms. The summed E-state index contributed by atoms with van der Waals surface area (Å²) < 4.78 is 12.6. The van der Waals surface area contributed by atoms with Crippen LogP contribution < -0.4 is 20.1 Å². The molecule has 0 aliphatic heterocycles. The molecule has 6 heteroatoms. The summed E-state index contributed by atoms with van der Waals surface area (Å²) in [7, 11) is 0. The largest absolute Gasteiger partial charge is 0.432 e. The van der Waals surface area contributed by atoms with E-state index < -0.39 is 0 Å². The third-order valence-corrected chi connectivity index (χ3v) is 10.8. The van der Waals surface area contributed by atoms with Crippen LogP contribution >= 0.6 is 24.4 Å². The van der Waals surface area contributed by atoms with Crippen LogP contribution in [0.25, 0.3) is 0 Å². The maximum Gasteiger partial charge on any atom is 0.262 e. The first-order chi connectivity index (χ1) is 24.1. The second kappa shape index (κ2) is 23.4. The molecule has 2 aromatic rings. The Morgan fingerprint density at radius 3 is 1.56 bits per heavy atom. The molecule has 1 aliphatic carbocycles. The van der Waals surface area contributed by atoms with Gasteiger partial charge in [0, 0.05) is 12.6 Å². The van der Waals surface area contributed by atoms with E-state index in [1.165, 1.54) is 114 Å². The molecule has 0 saturated heterocycles. The minimum absolute atomic E-state index is 0.0214. The first-order valence-electron chi connectivity index (χ1n) is 20.2. The molecule has 1 fully saturated rings. The van der Waals surface area contributed by atoms with E-state index in [0.717, 1.165) is 50.1 Å². The Hall–Kier alpha value is -2.18. The molecule has 2 N–H and O–H groups in total. The lowest BCUT2D eigenvalue weighted by molar-refractivity contribution is 0.0787. The van der Waals surface area contributed by atoms with Crippen molar-refractivity contribution >= 4 is 34.8 Å². The van der Waals surface area contributed by atoms with Crippen molar-refractivity contribution in [1.82, 2.24) is 10.6 Å². The molecular weight excluding hydrogens is 653 g/mol. The molecule has 3 rings (SSSR count). The van der Waals surface area contributed by atoms with Crippen LogP contribution in [-0.2, 0) is 12.8 Å². The van der Waals surface area contributed by atoms with Crippen molar-refractivity contribution in [2.45, 2.75) is 175 Å². The Bertz CT molecular complexity index is 1260. The molecule has 2 unspecified atom stereocenters. The highest BCUT2D eigenvalue weighted by Gasteiger charge is 2.41. The summed E-state index contributed by atoms with van der Waals surface area (Å²) in [5.41, 5.74) is 2.66. The standard InChI is InChI=1S/C44H70N2O2S2/c1-6-8-10-12-14-16-18-20-26-36-28-22-24-30-39(36)47-41(49)45-35-44(5)33-38(32-43(3,4)34-44)46-42(50)48-40-31-25-23-29-37(40)27-21-19-17-15-13-11-9-7-2/h22-25,28-31,38H,6-21,26-27,32-35H2,1-5H3,(H,45,49)(H,46,50). The molecular formula is C44H70N2O2S2. The van der Waals surface area contributed by atoms with E-state index in [2.05, 4.69) is 75.6 Å². The molecule has 1 aliphatic rings. The van der Waals surface area contributed by atoms with E-state index in [1.54, 1.807) is 0 Å². The van der Waals surface area contributed by atoms with E-state index in [1.807, 2.05) is 18.2 Å². The number of hydrogen-bond donors (Lipinski definition) is 2. The van der Waals surface area contributed by atoms with Crippen molar-refractivity contribution in [3.05, 3.63) is 59.7 Å². The summed E-state index contributed by atoms with van der Waals surface area (Å²) in [6, 6.07) is 17.0. The smallest absolute Gasteiger partial charge is 0.262 e. The maximum absolute atomic E-state index is 6.31. The average Bonchev–Trinajstić information content (AvgIpc) is 3.07. The molecule has 280 valence electrons. The molecule has 0 heterocycles. The number of thiocarbonyl (C=S) groups is 2. The first kappa shape index (κ1) is 42.2. The summed E-state index contributed by atoms with van der Waals surface area (Å²) >= 11 is 11.5. The van der Waals surface area contributed by atoms with Crippen LogP contribution in [-0.4, -0.2) is 22.9 Å². The predicted molar refractivity (Wildman–Crippen MR) is 223 cm³/mol. The van der Waals surface area contributed by atoms with Crippen LogP contribution in [0.1, 0.15) is 168 Å². The van der Waals surface area contributed by atoms with Gasteiger partial charge in [0.25, 0.3) is 10.3 Å². The number of ether oxygens (including phenoxy) is 2. The molecule has 0 bridgehead atoms. The van der Waals surface area contributed by atoms with Crippen molar-refractivity contribution in [3.63, 3.8) is 0 Å². The molecule has 0 amide bonds. The number of para-hydroxylation sites is 2. The second-order valence-corrected chi connectivity index (χ2v) is 16.9. The Balaban J connectivity index is 1.45. The lowest BCUT2D eigenvalue weighted by atomic mass is 9.62. The van der Waals surface area contributed by atoms with Gasteiger partial charge in [-0.2, -0.15) is 0 Å². The van der Waals surface area contributed by atoms with Crippen molar-refractivity contribution in [1.29, 1.82) is 0 Å². The van der Waals surface area contributed by atoms with Gasteiger partial charge in [0.05, 0.1) is 0 Å². The zero-order valence-corrected chi connectivity index (χ0v) is 34.0. The SMILES string of the molecule is CCCCCCCCCCc1ccccc1OC(=S)NCC1(C)CC(NC(=S)Oc2ccccc2CCCCCCCCCC)CC(C)(C)C1. The number of benzene rings is 2. The minimum Gasteiger partial charge on any atom is -0.432 e. The predicted octanol–water partition coefficient (Wildman–Crippen LogP) is 12.8. The fourth-order valence-corrected chi connectivity index (χ4v) is 8.52. The zero-order chi connectivity index (χ0) is 36.1. The minimum atomic E-state index is 0.0214. The highest BCUT2D eigenvalue weighted by molar-refractivity contribution is 7.80. The third kappa shape index (κ3) is 16.9. The van der Waals surface area contributed by atoms with Crippen molar-refractivity contribution < 1.29 is 9.47 Å². The number of aryl methyl sites for hydroxylation is 2. The monoisotopic (exact) mass is 722 g/mol. The van der Waals surface area contributed by atoms with Gasteiger partial charge in [-0.15, -0.1) is 0 Å². The normalized spacial score (nSPS) is 18.4. The zero-order valence-electron chi connectivity index (χ0n) is 32.4. The summed E-state index contributed by atoms with van der Waals surface area (Å²) in [6.07, 6.45) is 26.3. The van der Waals surface area contributed by atoms with Crippen LogP contribution in [0.3, 0.4) is 0 Å². The molecule has 4 nitrogen and oxygen atoms in total. The van der Waals surface area contributed by atoms with E-state index in [-0.39, 0.29) is 16.9 Å². The van der Waals surface area contributed by atoms with Gasteiger partial charge in [0.1, 0.15) is 11.5 Å². The lowest BCUT2D eigenvalue weighted by Gasteiger charge is -2.47. The molecule has 2 aromatic carbocycles. The first-order valence-corrected chi connectivity index (χ1v) is 21.0. The summed E-state index contributed by atoms with van der Waals surface area (Å²) in [6.45, 7) is 12.4. The quantitative estimate of drug-likeness (QED) is 0.0879. The summed E-state index contributed by atoms with van der Waals surface area (Å²) in [5.74, 6) is 1.77. The summed E-state index contributed by atoms with van der Waals surface area (Å²) in [5, 5.41) is 8.01. The highest BCUT2D eigenvalue weighted by atomic mass is 32.1. The van der Waals surface area contributed by atoms with Gasteiger partial charge in [0.15, 0.2) is 0 Å². The van der Waals surface area contributed by atoms with Crippen molar-refractivity contribution in [2.24, 2.45) is 10.8 Å². The fourth-order valence-electron chi connectivity index (χ4n) is 8.11. The van der Waals surface area contributed by atoms with Crippen molar-refractivity contribution in [2.75, 3.05) is 6.54 Å². The van der Waals surface area contributed by atoms with Crippen LogP contribution in [0.5, 0.6) is 11.5 Å². The number of nitrogens with one attached hydrogen (secondary N) is 2. The van der Waals surface area contributed by atoms with Gasteiger partial charge in [-0.1, -0.05) is 161 Å². The molecule has 1 saturated carbocycles. The van der Waals surface area contributed by atoms with Crippen LogP contribution in [0.2, 0.25) is 0 Å². The van der Waals surface area contributed by atoms with E-state index >= 15 is 0 Å². The Morgan fingerprint density at radius 1 is 0.620 bits per heavy atom. The second-order valence-electron chi connectivity index (χ2n) is 16.2. The summed E-state index contributed by atoms with van der Waals surface area (Å²) in [4.78, 5) is 0. The van der Waals surface area contributed by atoms with Crippen molar-refractivity contribution in [3.8, 4) is 11.5 Å². The van der Waals surface area contributed by atoms with Crippen LogP contribution in [0.4, 0.5) is 0 Å². The number of unbranched alkanes of at least 4 members (excludes halogenated alkanes) is 14. The highest BCUT2D eigenvalue weighted by Crippen LogP contribution is 2.46. The fraction of sp³-hybridized carbons (Fsp3) is 0.682. The van der Waals surface area contributed by atoms with E-state index in [4.69, 9.17) is 33.9 Å². The average molecular weight is 723 g/mol. The maximum atomic E-state index is 6.31. The molecule has 0 aromatic heterocycles. The molecule has 2 atom stereocenters. The number of rotatable bonds is 23. The Kier molecular flexibility index (Phi) is 19.8. The van der Waals surface area contributed by atoms with Gasteiger partial charge in [-0.05, 0) is 103 Å². The molecule has 0 radical (unpaired) electrons. The molecule has 0 spiro atoms. The van der Waals surface area contributed by atoms with Gasteiger partial charge in [-0.3, -0.25) is 0 Å². The topological polar surface area (TPSA) is 42.5 Å². The van der Waals surface area contributed by atoms with Crippen LogP contribution in [0.15, 0.2) is 48.5 Å². The van der Waals surface area contributed by atoms with Crippen LogP contribution in [0, 0.1) is 10.8 Å². The Morgan fingerprint density at radius 2 is 1.06 bits per heavy atom. The Labute approximate surface area is 317 Å². The van der Waals surface area contributed by atoms with E-state index in [0.29, 0.717) is 10.3 Å². The lowest BCUT2D eigenvalue weighted by Crippen LogP contribution is -2.51. The number of hydrogen-bond acceptors (Lipinski definition) is 4. The third-order valence-electron chi connectivity index (χ3n) is 10.4. The van der Waals surface area contributed by atoms with Gasteiger partial charge in [-0.25, -0.2) is 0 Å². The van der Waals surface area contributed by atoms with Gasteiger partial charge < -0.3 is 20.1 Å². The van der Waals surface area contributed by atoms with E-state index in [9.17, 15) is 0 Å². The van der Waals surface area contributed by atoms with Gasteiger partial charge in [0.2, 0.25) is 0 Å². The van der Waals surface area contributed by atoms with Gasteiger partial charge >= 0.3 is 0 Å².